The van der Waals surface area contributed by atoms with Crippen molar-refractivity contribution in [1.82, 2.24) is 24.8 Å². The van der Waals surface area contributed by atoms with Gasteiger partial charge in [-0.15, -0.1) is 5.10 Å². The summed E-state index contributed by atoms with van der Waals surface area (Å²) in [4.78, 5) is 29.6. The molecule has 1 saturated heterocycles. The Kier molecular flexibility index (Phi) is 6.21. The van der Waals surface area contributed by atoms with E-state index in [1.54, 1.807) is 32.7 Å². The fourth-order valence-electron chi connectivity index (χ4n) is 4.33. The second-order valence-electron chi connectivity index (χ2n) is 8.21. The molecule has 0 spiro atoms. The summed E-state index contributed by atoms with van der Waals surface area (Å²) >= 11 is 6.08. The number of rotatable bonds is 4. The molecule has 0 aliphatic carbocycles. The van der Waals surface area contributed by atoms with Crippen LogP contribution >= 0.6 is 11.6 Å². The molecule has 2 aliphatic heterocycles. The van der Waals surface area contributed by atoms with Crippen molar-refractivity contribution in [1.29, 1.82) is 0 Å². The van der Waals surface area contributed by atoms with Gasteiger partial charge in [0.15, 0.2) is 5.69 Å². The number of piperazine rings is 1. The highest BCUT2D eigenvalue weighted by atomic mass is 35.5. The molecular weight excluding hydrogens is 458 g/mol. The molecule has 9 nitrogen and oxygen atoms in total. The van der Waals surface area contributed by atoms with Crippen molar-refractivity contribution in [2.45, 2.75) is 19.3 Å². The van der Waals surface area contributed by atoms with Crippen LogP contribution in [0.2, 0.25) is 5.02 Å². The van der Waals surface area contributed by atoms with Gasteiger partial charge in [-0.2, -0.15) is 0 Å². The van der Waals surface area contributed by atoms with E-state index in [0.29, 0.717) is 60.4 Å². The first-order chi connectivity index (χ1) is 16.5. The number of methoxy groups -OCH3 is 1. The Balaban J connectivity index is 1.24. The second kappa shape index (κ2) is 9.44. The number of nitrogens with zero attached hydrogens (tertiary/aromatic N) is 5. The first-order valence-corrected chi connectivity index (χ1v) is 11.4. The Labute approximate surface area is 201 Å². The third kappa shape index (κ3) is 4.24. The molecule has 34 heavy (non-hydrogen) atoms. The molecule has 0 N–H and O–H groups in total. The summed E-state index contributed by atoms with van der Waals surface area (Å²) in [6, 6.07) is 14.9. The summed E-state index contributed by atoms with van der Waals surface area (Å²) in [6.07, 6.45) is -0.128. The SMILES string of the molecule is COc1ccc(Cl)cc1C(=O)N1CCN(C(=O)c2nnn3c2COC(c2ccccc2)C3)CC1. The Morgan fingerprint density at radius 1 is 1.03 bits per heavy atom. The predicted molar refractivity (Wildman–Crippen MR) is 124 cm³/mol. The van der Waals surface area contributed by atoms with E-state index in [9.17, 15) is 9.59 Å². The minimum atomic E-state index is -0.199. The molecule has 0 radical (unpaired) electrons. The number of fused-ring (bicyclic) bond motifs is 1. The highest BCUT2D eigenvalue weighted by Gasteiger charge is 2.32. The lowest BCUT2D eigenvalue weighted by molar-refractivity contribution is -0.00202. The fraction of sp³-hybridized carbons (Fsp3) is 0.333. The maximum Gasteiger partial charge on any atom is 0.276 e. The van der Waals surface area contributed by atoms with Crippen molar-refractivity contribution in [2.24, 2.45) is 0 Å². The van der Waals surface area contributed by atoms with E-state index in [-0.39, 0.29) is 24.5 Å². The average Bonchev–Trinajstić information content (AvgIpc) is 3.32. The quantitative estimate of drug-likeness (QED) is 0.569. The standard InChI is InChI=1S/C24H24ClN5O4/c1-33-20-8-7-17(25)13-18(20)23(31)28-9-11-29(12-10-28)24(32)22-19-15-34-21(14-30(19)27-26-22)16-5-3-2-4-6-16/h2-8,13,21H,9-12,14-15H2,1H3. The van der Waals surface area contributed by atoms with Gasteiger partial charge in [-0.05, 0) is 23.8 Å². The fourth-order valence-corrected chi connectivity index (χ4v) is 4.50. The second-order valence-corrected chi connectivity index (χ2v) is 8.64. The van der Waals surface area contributed by atoms with E-state index >= 15 is 0 Å². The summed E-state index contributed by atoms with van der Waals surface area (Å²) in [5.74, 6) is 0.0979. The van der Waals surface area contributed by atoms with Crippen LogP contribution in [0.25, 0.3) is 0 Å². The van der Waals surface area contributed by atoms with Crippen LogP contribution < -0.4 is 4.74 Å². The number of halogens is 1. The molecule has 0 bridgehead atoms. The molecule has 3 heterocycles. The lowest BCUT2D eigenvalue weighted by atomic mass is 10.1. The Morgan fingerprint density at radius 2 is 1.74 bits per heavy atom. The van der Waals surface area contributed by atoms with E-state index < -0.39 is 0 Å². The topological polar surface area (TPSA) is 89.8 Å². The number of hydrogen-bond acceptors (Lipinski definition) is 6. The third-order valence-corrected chi connectivity index (χ3v) is 6.45. The number of carbonyl (C=O) groups is 2. The van der Waals surface area contributed by atoms with Crippen molar-refractivity contribution in [2.75, 3.05) is 33.3 Å². The molecule has 1 unspecified atom stereocenters. The minimum Gasteiger partial charge on any atom is -0.496 e. The minimum absolute atomic E-state index is 0.128. The molecule has 1 atom stereocenters. The first-order valence-electron chi connectivity index (χ1n) is 11.1. The summed E-state index contributed by atoms with van der Waals surface area (Å²) < 4.78 is 13.1. The van der Waals surface area contributed by atoms with Crippen molar-refractivity contribution < 1.29 is 19.1 Å². The van der Waals surface area contributed by atoms with Gasteiger partial charge < -0.3 is 19.3 Å². The van der Waals surface area contributed by atoms with Gasteiger partial charge in [-0.3, -0.25) is 9.59 Å². The Bertz CT molecular complexity index is 1210. The van der Waals surface area contributed by atoms with Gasteiger partial charge in [0.2, 0.25) is 0 Å². The number of aromatic nitrogens is 3. The van der Waals surface area contributed by atoms with Crippen molar-refractivity contribution in [3.8, 4) is 5.75 Å². The number of benzene rings is 2. The van der Waals surface area contributed by atoms with Crippen molar-refractivity contribution in [3.63, 3.8) is 0 Å². The summed E-state index contributed by atoms with van der Waals surface area (Å²) in [6.45, 7) is 2.36. The zero-order valence-electron chi connectivity index (χ0n) is 18.7. The van der Waals surface area contributed by atoms with Gasteiger partial charge in [-0.1, -0.05) is 47.1 Å². The number of hydrogen-bond donors (Lipinski definition) is 0. The smallest absolute Gasteiger partial charge is 0.276 e. The first kappa shape index (κ1) is 22.4. The van der Waals surface area contributed by atoms with Crippen LogP contribution in [0.15, 0.2) is 48.5 Å². The average molecular weight is 482 g/mol. The zero-order chi connectivity index (χ0) is 23.7. The van der Waals surface area contributed by atoms with Crippen LogP contribution in [0, 0.1) is 0 Å². The van der Waals surface area contributed by atoms with Crippen molar-refractivity contribution >= 4 is 23.4 Å². The molecule has 176 valence electrons. The van der Waals surface area contributed by atoms with Crippen LogP contribution in [-0.2, 0) is 17.9 Å². The molecule has 2 amide bonds. The molecule has 2 aliphatic rings. The monoisotopic (exact) mass is 481 g/mol. The van der Waals surface area contributed by atoms with E-state index in [1.165, 1.54) is 7.11 Å². The van der Waals surface area contributed by atoms with Gasteiger partial charge in [0, 0.05) is 31.2 Å². The molecule has 0 saturated carbocycles. The third-order valence-electron chi connectivity index (χ3n) is 6.22. The summed E-state index contributed by atoms with van der Waals surface area (Å²) in [7, 11) is 1.52. The molecule has 10 heteroatoms. The van der Waals surface area contributed by atoms with Crippen LogP contribution in [0.5, 0.6) is 5.75 Å². The van der Waals surface area contributed by atoms with Gasteiger partial charge in [0.05, 0.1) is 31.5 Å². The van der Waals surface area contributed by atoms with Crippen LogP contribution in [0.1, 0.15) is 38.2 Å². The van der Waals surface area contributed by atoms with E-state index in [2.05, 4.69) is 10.3 Å². The maximum absolute atomic E-state index is 13.2. The molecule has 5 rings (SSSR count). The van der Waals surface area contributed by atoms with Gasteiger partial charge in [-0.25, -0.2) is 4.68 Å². The summed E-state index contributed by atoms with van der Waals surface area (Å²) in [5.41, 5.74) is 2.46. The number of ether oxygens (including phenoxy) is 2. The molecular formula is C24H24ClN5O4. The van der Waals surface area contributed by atoms with Gasteiger partial charge in [0.1, 0.15) is 11.9 Å². The predicted octanol–water partition coefficient (Wildman–Crippen LogP) is 2.81. The highest BCUT2D eigenvalue weighted by molar-refractivity contribution is 6.31. The summed E-state index contributed by atoms with van der Waals surface area (Å²) in [5, 5.41) is 8.84. The Morgan fingerprint density at radius 3 is 2.44 bits per heavy atom. The van der Waals surface area contributed by atoms with Crippen LogP contribution in [0.3, 0.4) is 0 Å². The Hall–Kier alpha value is -3.43. The number of carbonyl (C=O) groups excluding carboxylic acids is 2. The highest BCUT2D eigenvalue weighted by Crippen LogP contribution is 2.28. The van der Waals surface area contributed by atoms with E-state index in [4.69, 9.17) is 21.1 Å². The maximum atomic E-state index is 13.2. The molecule has 1 fully saturated rings. The van der Waals surface area contributed by atoms with E-state index in [1.807, 2.05) is 30.3 Å². The normalized spacial score (nSPS) is 17.9. The molecule has 3 aromatic rings. The largest absolute Gasteiger partial charge is 0.496 e. The molecule has 2 aromatic carbocycles. The lowest BCUT2D eigenvalue weighted by Gasteiger charge is -2.35. The van der Waals surface area contributed by atoms with Gasteiger partial charge in [0.25, 0.3) is 11.8 Å². The zero-order valence-corrected chi connectivity index (χ0v) is 19.4. The van der Waals surface area contributed by atoms with Crippen LogP contribution in [-0.4, -0.2) is 69.9 Å². The van der Waals surface area contributed by atoms with Gasteiger partial charge >= 0.3 is 0 Å². The number of amides is 2. The van der Waals surface area contributed by atoms with Crippen LogP contribution in [0.4, 0.5) is 0 Å². The molecule has 1 aromatic heterocycles. The van der Waals surface area contributed by atoms with Crippen molar-refractivity contribution in [3.05, 3.63) is 76.1 Å². The van der Waals surface area contributed by atoms with E-state index in [0.717, 1.165) is 5.56 Å². The lowest BCUT2D eigenvalue weighted by Crippen LogP contribution is -2.51.